The summed E-state index contributed by atoms with van der Waals surface area (Å²) in [6, 6.07) is 2.83. The second kappa shape index (κ2) is 5.13. The molecule has 1 unspecified atom stereocenters. The van der Waals surface area contributed by atoms with Gasteiger partial charge in [0.05, 0.1) is 6.26 Å². The van der Waals surface area contributed by atoms with Crippen LogP contribution in [0.15, 0.2) is 33.0 Å². The van der Waals surface area contributed by atoms with Gasteiger partial charge in [-0.25, -0.2) is 4.79 Å². The van der Waals surface area contributed by atoms with Crippen molar-refractivity contribution in [1.29, 1.82) is 0 Å². The first kappa shape index (κ1) is 14.6. The van der Waals surface area contributed by atoms with Crippen molar-refractivity contribution in [2.45, 2.75) is 25.9 Å². The maximum absolute atomic E-state index is 12.6. The average Bonchev–Trinajstić information content (AvgIpc) is 3.15. The number of hydrogen-bond donors (Lipinski definition) is 1. The van der Waals surface area contributed by atoms with Crippen molar-refractivity contribution in [3.8, 4) is 0 Å². The van der Waals surface area contributed by atoms with Crippen LogP contribution < -0.4 is 10.2 Å². The van der Waals surface area contributed by atoms with Crippen molar-refractivity contribution in [1.82, 2.24) is 14.8 Å². The van der Waals surface area contributed by atoms with Gasteiger partial charge in [-0.3, -0.25) is 14.5 Å². The first-order valence-electron chi connectivity index (χ1n) is 6.76. The van der Waals surface area contributed by atoms with E-state index in [4.69, 9.17) is 4.42 Å². The van der Waals surface area contributed by atoms with E-state index in [1.807, 2.05) is 6.92 Å². The summed E-state index contributed by atoms with van der Waals surface area (Å²) in [5.41, 5.74) is -0.384. The van der Waals surface area contributed by atoms with Crippen molar-refractivity contribution in [2.75, 3.05) is 6.54 Å². The Morgan fingerprint density at radius 3 is 2.68 bits per heavy atom. The first-order chi connectivity index (χ1) is 10.4. The number of amides is 3. The lowest BCUT2D eigenvalue weighted by atomic mass is 9.99. The molecule has 3 amide bonds. The Morgan fingerprint density at radius 2 is 2.09 bits per heavy atom. The van der Waals surface area contributed by atoms with Gasteiger partial charge in [0.1, 0.15) is 5.76 Å². The van der Waals surface area contributed by atoms with Gasteiger partial charge in [-0.15, -0.1) is 0 Å². The summed E-state index contributed by atoms with van der Waals surface area (Å²) in [5, 5.41) is 4.40. The number of hydrogen-bond acceptors (Lipinski definition) is 5. The number of nitrogens with one attached hydrogen (secondary N) is 1. The zero-order chi connectivity index (χ0) is 15.9. The molecule has 0 aromatic carbocycles. The number of rotatable bonds is 4. The fourth-order valence-electron chi connectivity index (χ4n) is 2.50. The van der Waals surface area contributed by atoms with Crippen molar-refractivity contribution in [3.05, 3.63) is 44.9 Å². The van der Waals surface area contributed by atoms with Crippen LogP contribution in [0.3, 0.4) is 0 Å². The molecule has 7 nitrogen and oxygen atoms in total. The van der Waals surface area contributed by atoms with Crippen molar-refractivity contribution >= 4 is 23.3 Å². The fourth-order valence-corrected chi connectivity index (χ4v) is 3.27. The summed E-state index contributed by atoms with van der Waals surface area (Å²) >= 11 is 1.10. The standard InChI is InChI=1S/C14H15N3O4S/c1-9-8-22-13(20)16(9)5-6-17-11(18)14(2,15-12(17)19)10-4-3-7-21-10/h3-4,7-8H,5-6H2,1-2H3,(H,15,19). The number of imide groups is 1. The summed E-state index contributed by atoms with van der Waals surface area (Å²) in [4.78, 5) is 37.4. The highest BCUT2D eigenvalue weighted by molar-refractivity contribution is 7.07. The van der Waals surface area contributed by atoms with Crippen LogP contribution in [-0.2, 0) is 16.9 Å². The number of urea groups is 1. The summed E-state index contributed by atoms with van der Waals surface area (Å²) < 4.78 is 6.81. The molecule has 1 aliphatic heterocycles. The molecule has 3 heterocycles. The van der Waals surface area contributed by atoms with E-state index in [2.05, 4.69) is 5.32 Å². The molecule has 2 aromatic heterocycles. The van der Waals surface area contributed by atoms with E-state index in [-0.39, 0.29) is 23.9 Å². The number of furan rings is 1. The van der Waals surface area contributed by atoms with Crippen LogP contribution >= 0.6 is 11.3 Å². The van der Waals surface area contributed by atoms with Crippen LogP contribution in [0.2, 0.25) is 0 Å². The second-order valence-corrected chi connectivity index (χ2v) is 6.10. The van der Waals surface area contributed by atoms with E-state index in [0.29, 0.717) is 5.76 Å². The monoisotopic (exact) mass is 321 g/mol. The van der Waals surface area contributed by atoms with Gasteiger partial charge < -0.3 is 14.3 Å². The fraction of sp³-hybridized carbons (Fsp3) is 0.357. The van der Waals surface area contributed by atoms with Gasteiger partial charge in [-0.2, -0.15) is 0 Å². The predicted octanol–water partition coefficient (Wildman–Crippen LogP) is 1.28. The van der Waals surface area contributed by atoms with Crippen LogP contribution in [0.1, 0.15) is 18.4 Å². The summed E-state index contributed by atoms with van der Waals surface area (Å²) in [6.07, 6.45) is 1.46. The zero-order valence-electron chi connectivity index (χ0n) is 12.2. The minimum Gasteiger partial charge on any atom is -0.466 e. The van der Waals surface area contributed by atoms with Crippen LogP contribution in [0.4, 0.5) is 4.79 Å². The maximum atomic E-state index is 12.6. The average molecular weight is 321 g/mol. The number of aryl methyl sites for hydroxylation is 1. The number of carbonyl (C=O) groups excluding carboxylic acids is 2. The number of aromatic nitrogens is 1. The largest absolute Gasteiger partial charge is 0.466 e. The van der Waals surface area contributed by atoms with Gasteiger partial charge in [-0.1, -0.05) is 11.3 Å². The molecule has 0 saturated carbocycles. The third-order valence-corrected chi connectivity index (χ3v) is 4.69. The second-order valence-electron chi connectivity index (χ2n) is 5.28. The third kappa shape index (κ3) is 2.16. The van der Waals surface area contributed by atoms with Gasteiger partial charge >= 0.3 is 10.9 Å². The molecule has 1 aliphatic rings. The molecule has 0 spiro atoms. The van der Waals surface area contributed by atoms with Gasteiger partial charge in [-0.05, 0) is 26.0 Å². The molecule has 2 aromatic rings. The molecule has 1 N–H and O–H groups in total. The van der Waals surface area contributed by atoms with Gasteiger partial charge in [0.15, 0.2) is 5.54 Å². The van der Waals surface area contributed by atoms with Crippen molar-refractivity contribution < 1.29 is 14.0 Å². The smallest absolute Gasteiger partial charge is 0.325 e. The van der Waals surface area contributed by atoms with Crippen LogP contribution in [0.5, 0.6) is 0 Å². The number of nitrogens with zero attached hydrogens (tertiary/aromatic N) is 2. The lowest BCUT2D eigenvalue weighted by molar-refractivity contribution is -0.131. The van der Waals surface area contributed by atoms with Crippen molar-refractivity contribution in [3.63, 3.8) is 0 Å². The molecule has 1 saturated heterocycles. The Bertz CT molecular complexity index is 776. The highest BCUT2D eigenvalue weighted by Gasteiger charge is 2.50. The quantitative estimate of drug-likeness (QED) is 0.860. The molecule has 0 aliphatic carbocycles. The molecule has 3 rings (SSSR count). The van der Waals surface area contributed by atoms with Gasteiger partial charge in [0, 0.05) is 24.2 Å². The summed E-state index contributed by atoms with van der Waals surface area (Å²) in [6.45, 7) is 3.84. The molecule has 1 fully saturated rings. The molecule has 1 atom stereocenters. The van der Waals surface area contributed by atoms with Crippen molar-refractivity contribution in [2.24, 2.45) is 0 Å². The Balaban J connectivity index is 1.80. The number of thiazole rings is 1. The molecule has 0 radical (unpaired) electrons. The summed E-state index contributed by atoms with van der Waals surface area (Å²) in [7, 11) is 0. The van der Waals surface area contributed by atoms with E-state index in [1.165, 1.54) is 6.26 Å². The van der Waals surface area contributed by atoms with E-state index >= 15 is 0 Å². The minimum atomic E-state index is -1.20. The molecule has 116 valence electrons. The molecule has 22 heavy (non-hydrogen) atoms. The summed E-state index contributed by atoms with van der Waals surface area (Å²) in [5.74, 6) is 0.00520. The Kier molecular flexibility index (Phi) is 3.40. The topological polar surface area (TPSA) is 84.6 Å². The Morgan fingerprint density at radius 1 is 1.32 bits per heavy atom. The number of carbonyl (C=O) groups is 2. The maximum Gasteiger partial charge on any atom is 0.325 e. The molecular formula is C14H15N3O4S. The molecule has 8 heteroatoms. The highest BCUT2D eigenvalue weighted by atomic mass is 32.1. The van der Waals surface area contributed by atoms with E-state index in [0.717, 1.165) is 21.9 Å². The van der Waals surface area contributed by atoms with E-state index in [1.54, 1.807) is 29.0 Å². The molecular weight excluding hydrogens is 306 g/mol. The van der Waals surface area contributed by atoms with Crippen LogP contribution in [-0.4, -0.2) is 28.0 Å². The SMILES string of the molecule is Cc1csc(=O)n1CCN1C(=O)NC(C)(c2ccco2)C1=O. The minimum absolute atomic E-state index is 0.0987. The Labute approximate surface area is 130 Å². The van der Waals surface area contributed by atoms with Gasteiger partial charge in [0.25, 0.3) is 5.91 Å². The van der Waals surface area contributed by atoms with Crippen LogP contribution in [0.25, 0.3) is 0 Å². The predicted molar refractivity (Wildman–Crippen MR) is 79.6 cm³/mol. The van der Waals surface area contributed by atoms with E-state index < -0.39 is 11.6 Å². The van der Waals surface area contributed by atoms with Crippen LogP contribution in [0, 0.1) is 6.92 Å². The zero-order valence-corrected chi connectivity index (χ0v) is 13.0. The molecule has 0 bridgehead atoms. The van der Waals surface area contributed by atoms with E-state index in [9.17, 15) is 14.4 Å². The third-order valence-electron chi connectivity index (χ3n) is 3.81. The lowest BCUT2D eigenvalue weighted by Gasteiger charge is -2.19. The lowest BCUT2D eigenvalue weighted by Crippen LogP contribution is -2.41. The first-order valence-corrected chi connectivity index (χ1v) is 7.64. The van der Waals surface area contributed by atoms with Gasteiger partial charge in [0.2, 0.25) is 0 Å². The highest BCUT2D eigenvalue weighted by Crippen LogP contribution is 2.28. The Hall–Kier alpha value is -2.35. The normalized spacial score (nSPS) is 21.5.